The summed E-state index contributed by atoms with van der Waals surface area (Å²) in [6, 6.07) is 14.1. The van der Waals surface area contributed by atoms with E-state index in [1.54, 1.807) is 0 Å². The van der Waals surface area contributed by atoms with E-state index in [1.165, 1.54) is 5.56 Å². The number of hydrogen-bond acceptors (Lipinski definition) is 2. The average molecular weight is 251 g/mol. The maximum absolute atomic E-state index is 5.95. The molecule has 0 radical (unpaired) electrons. The molecule has 0 unspecified atom stereocenters. The van der Waals surface area contributed by atoms with E-state index in [4.69, 9.17) is 4.74 Å². The first-order valence-corrected chi connectivity index (χ1v) is 6.49. The monoisotopic (exact) mass is 251 g/mol. The summed E-state index contributed by atoms with van der Waals surface area (Å²) in [5.41, 5.74) is 3.31. The third-order valence-corrected chi connectivity index (χ3v) is 3.30. The number of para-hydroxylation sites is 2. The van der Waals surface area contributed by atoms with Gasteiger partial charge in [-0.05, 0) is 35.2 Å². The molecule has 0 spiro atoms. The minimum atomic E-state index is 0.127. The summed E-state index contributed by atoms with van der Waals surface area (Å²) in [5.74, 6) is 1.67. The third kappa shape index (κ3) is 2.26. The summed E-state index contributed by atoms with van der Waals surface area (Å²) < 4.78 is 5.95. The number of rotatable bonds is 0. The fourth-order valence-electron chi connectivity index (χ4n) is 2.12. The molecule has 2 aromatic rings. The highest BCUT2D eigenvalue weighted by molar-refractivity contribution is 5.88. The first kappa shape index (κ1) is 12.0. The van der Waals surface area contributed by atoms with Gasteiger partial charge in [-0.1, -0.05) is 39.0 Å². The van der Waals surface area contributed by atoms with E-state index in [9.17, 15) is 0 Å². The van der Waals surface area contributed by atoms with Crippen molar-refractivity contribution in [2.75, 3.05) is 0 Å². The Hall–Kier alpha value is -2.09. The number of benzene rings is 2. The summed E-state index contributed by atoms with van der Waals surface area (Å²) in [6.07, 6.45) is 1.89. The van der Waals surface area contributed by atoms with Crippen LogP contribution in [-0.4, -0.2) is 6.21 Å². The molecule has 1 aliphatic rings. The van der Waals surface area contributed by atoms with Gasteiger partial charge in [0.1, 0.15) is 11.4 Å². The Kier molecular flexibility index (Phi) is 2.67. The van der Waals surface area contributed by atoms with Crippen molar-refractivity contribution in [3.63, 3.8) is 0 Å². The van der Waals surface area contributed by atoms with E-state index in [0.717, 1.165) is 22.7 Å². The summed E-state index contributed by atoms with van der Waals surface area (Å²) >= 11 is 0. The highest BCUT2D eigenvalue weighted by Crippen LogP contribution is 2.37. The van der Waals surface area contributed by atoms with E-state index in [1.807, 2.05) is 36.5 Å². The maximum atomic E-state index is 5.95. The summed E-state index contributed by atoms with van der Waals surface area (Å²) in [6.45, 7) is 6.62. The molecule has 2 nitrogen and oxygen atoms in total. The van der Waals surface area contributed by atoms with Crippen molar-refractivity contribution >= 4 is 11.9 Å². The molecule has 0 bridgehead atoms. The number of ether oxygens (including phenoxy) is 1. The SMILES string of the molecule is CC(C)(C)c1ccc2c(c1)C=Nc1ccccc1O2. The largest absolute Gasteiger partial charge is 0.454 e. The fourth-order valence-corrected chi connectivity index (χ4v) is 2.12. The molecule has 1 heterocycles. The van der Waals surface area contributed by atoms with Crippen LogP contribution < -0.4 is 4.74 Å². The molecule has 19 heavy (non-hydrogen) atoms. The molecule has 2 aromatic carbocycles. The van der Waals surface area contributed by atoms with Crippen molar-refractivity contribution in [3.8, 4) is 11.5 Å². The lowest BCUT2D eigenvalue weighted by molar-refractivity contribution is 0.483. The van der Waals surface area contributed by atoms with Crippen LogP contribution in [-0.2, 0) is 5.41 Å². The lowest BCUT2D eigenvalue weighted by atomic mass is 9.86. The molecule has 3 rings (SSSR count). The van der Waals surface area contributed by atoms with Crippen LogP contribution >= 0.6 is 0 Å². The van der Waals surface area contributed by atoms with Gasteiger partial charge in [0.05, 0.1) is 0 Å². The number of aliphatic imine (C=N–C) groups is 1. The number of fused-ring (bicyclic) bond motifs is 2. The van der Waals surface area contributed by atoms with Crippen LogP contribution in [0.15, 0.2) is 47.5 Å². The first-order chi connectivity index (χ1) is 9.04. The van der Waals surface area contributed by atoms with Gasteiger partial charge in [-0.3, -0.25) is 4.99 Å². The van der Waals surface area contributed by atoms with E-state index in [2.05, 4.69) is 37.9 Å². The van der Waals surface area contributed by atoms with Crippen LogP contribution in [0.25, 0.3) is 0 Å². The Morgan fingerprint density at radius 1 is 0.947 bits per heavy atom. The molecule has 0 N–H and O–H groups in total. The molecule has 0 amide bonds. The van der Waals surface area contributed by atoms with Gasteiger partial charge < -0.3 is 4.74 Å². The Morgan fingerprint density at radius 3 is 2.53 bits per heavy atom. The highest BCUT2D eigenvalue weighted by Gasteiger charge is 2.17. The van der Waals surface area contributed by atoms with Gasteiger partial charge >= 0.3 is 0 Å². The number of nitrogens with zero attached hydrogens (tertiary/aromatic N) is 1. The Balaban J connectivity index is 2.09. The van der Waals surface area contributed by atoms with Gasteiger partial charge in [0, 0.05) is 11.8 Å². The van der Waals surface area contributed by atoms with Crippen LogP contribution in [0.2, 0.25) is 0 Å². The second-order valence-corrected chi connectivity index (χ2v) is 5.83. The Labute approximate surface area is 113 Å². The van der Waals surface area contributed by atoms with E-state index >= 15 is 0 Å². The molecule has 2 heteroatoms. The standard InChI is InChI=1S/C17H17NO/c1-17(2,3)13-8-9-15-12(10-13)11-18-14-6-4-5-7-16(14)19-15/h4-11H,1-3H3. The van der Waals surface area contributed by atoms with Gasteiger partial charge in [-0.25, -0.2) is 0 Å². The van der Waals surface area contributed by atoms with Crippen molar-refractivity contribution in [2.45, 2.75) is 26.2 Å². The molecule has 0 aromatic heterocycles. The first-order valence-electron chi connectivity index (χ1n) is 6.49. The van der Waals surface area contributed by atoms with E-state index in [0.29, 0.717) is 0 Å². The lowest BCUT2D eigenvalue weighted by Gasteiger charge is -2.20. The highest BCUT2D eigenvalue weighted by atomic mass is 16.5. The molecule has 0 saturated heterocycles. The molecule has 0 aliphatic carbocycles. The quantitative estimate of drug-likeness (QED) is 0.560. The Bertz CT molecular complexity index is 651. The normalized spacial score (nSPS) is 13.2. The van der Waals surface area contributed by atoms with Crippen LogP contribution in [0.1, 0.15) is 31.9 Å². The second kappa shape index (κ2) is 4.23. The third-order valence-electron chi connectivity index (χ3n) is 3.30. The van der Waals surface area contributed by atoms with Crippen molar-refractivity contribution in [2.24, 2.45) is 4.99 Å². The zero-order valence-corrected chi connectivity index (χ0v) is 11.5. The fraction of sp³-hybridized carbons (Fsp3) is 0.235. The molecular formula is C17H17NO. The minimum absolute atomic E-state index is 0.127. The predicted octanol–water partition coefficient (Wildman–Crippen LogP) is 4.84. The molecular weight excluding hydrogens is 234 g/mol. The van der Waals surface area contributed by atoms with E-state index < -0.39 is 0 Å². The molecule has 96 valence electrons. The maximum Gasteiger partial charge on any atom is 0.153 e. The molecule has 0 atom stereocenters. The number of hydrogen-bond donors (Lipinski definition) is 0. The molecule has 1 aliphatic heterocycles. The van der Waals surface area contributed by atoms with E-state index in [-0.39, 0.29) is 5.41 Å². The van der Waals surface area contributed by atoms with Crippen molar-refractivity contribution < 1.29 is 4.74 Å². The Morgan fingerprint density at radius 2 is 1.74 bits per heavy atom. The second-order valence-electron chi connectivity index (χ2n) is 5.83. The summed E-state index contributed by atoms with van der Waals surface area (Å²) in [7, 11) is 0. The summed E-state index contributed by atoms with van der Waals surface area (Å²) in [5, 5.41) is 0. The average Bonchev–Trinajstić information content (AvgIpc) is 2.55. The smallest absolute Gasteiger partial charge is 0.153 e. The molecule has 0 saturated carbocycles. The minimum Gasteiger partial charge on any atom is -0.454 e. The van der Waals surface area contributed by atoms with Gasteiger partial charge in [0.25, 0.3) is 0 Å². The zero-order valence-electron chi connectivity index (χ0n) is 11.5. The van der Waals surface area contributed by atoms with Crippen molar-refractivity contribution in [3.05, 3.63) is 53.6 Å². The predicted molar refractivity (Wildman–Crippen MR) is 78.9 cm³/mol. The van der Waals surface area contributed by atoms with Crippen LogP contribution in [0.4, 0.5) is 5.69 Å². The van der Waals surface area contributed by atoms with Crippen LogP contribution in [0.3, 0.4) is 0 Å². The lowest BCUT2D eigenvalue weighted by Crippen LogP contribution is -2.11. The molecule has 0 fully saturated rings. The van der Waals surface area contributed by atoms with Crippen molar-refractivity contribution in [1.29, 1.82) is 0 Å². The van der Waals surface area contributed by atoms with Gasteiger partial charge in [-0.2, -0.15) is 0 Å². The van der Waals surface area contributed by atoms with Crippen LogP contribution in [0, 0.1) is 0 Å². The van der Waals surface area contributed by atoms with Crippen molar-refractivity contribution in [1.82, 2.24) is 0 Å². The van der Waals surface area contributed by atoms with Gasteiger partial charge in [-0.15, -0.1) is 0 Å². The van der Waals surface area contributed by atoms with Gasteiger partial charge in [0.15, 0.2) is 5.75 Å². The van der Waals surface area contributed by atoms with Crippen LogP contribution in [0.5, 0.6) is 11.5 Å². The van der Waals surface area contributed by atoms with Gasteiger partial charge in [0.2, 0.25) is 0 Å². The topological polar surface area (TPSA) is 21.6 Å². The zero-order chi connectivity index (χ0) is 13.5. The summed E-state index contributed by atoms with van der Waals surface area (Å²) in [4.78, 5) is 4.50.